The van der Waals surface area contributed by atoms with Crippen molar-refractivity contribution < 1.29 is 19.1 Å². The van der Waals surface area contributed by atoms with Crippen molar-refractivity contribution in [2.75, 3.05) is 44.3 Å². The molecule has 2 aromatic carbocycles. The summed E-state index contributed by atoms with van der Waals surface area (Å²) in [7, 11) is 0. The quantitative estimate of drug-likeness (QED) is 0.122. The molecule has 0 bridgehead atoms. The lowest BCUT2D eigenvalue weighted by molar-refractivity contribution is -0.126. The van der Waals surface area contributed by atoms with Gasteiger partial charge in [-0.2, -0.15) is 5.10 Å². The SMILES string of the molecule is NCC(=O)NC(CCCCNC(=O)c1ccc(-c2c(C#Cc3ccc4ccccc4n3)nc3c(N4CCOCC4)ccnn23)cc1)C(N)=O. The molecule has 1 fully saturated rings. The number of hydrogen-bond donors (Lipinski definition) is 4. The number of hydrogen-bond acceptors (Lipinski definition) is 9. The summed E-state index contributed by atoms with van der Waals surface area (Å²) < 4.78 is 7.37. The van der Waals surface area contributed by atoms with Gasteiger partial charge in [-0.25, -0.2) is 14.5 Å². The van der Waals surface area contributed by atoms with E-state index in [9.17, 15) is 14.4 Å². The number of carbonyl (C=O) groups excluding carboxylic acids is 3. The maximum Gasteiger partial charge on any atom is 0.251 e. The molecule has 13 heteroatoms. The molecule has 1 saturated heterocycles. The van der Waals surface area contributed by atoms with Gasteiger partial charge >= 0.3 is 0 Å². The number of imidazole rings is 1. The van der Waals surface area contributed by atoms with Crippen molar-refractivity contribution in [1.82, 2.24) is 30.2 Å². The highest BCUT2D eigenvalue weighted by Gasteiger charge is 2.21. The van der Waals surface area contributed by atoms with Crippen molar-refractivity contribution in [3.63, 3.8) is 0 Å². The van der Waals surface area contributed by atoms with Crippen LogP contribution in [0.25, 0.3) is 27.8 Å². The predicted octanol–water partition coefficient (Wildman–Crippen LogP) is 2.01. The van der Waals surface area contributed by atoms with Crippen LogP contribution >= 0.6 is 0 Å². The fourth-order valence-electron chi connectivity index (χ4n) is 5.69. The van der Waals surface area contributed by atoms with Crippen LogP contribution in [0.4, 0.5) is 5.69 Å². The Bertz CT molecular complexity index is 2040. The van der Waals surface area contributed by atoms with Crippen molar-refractivity contribution in [3.05, 3.63) is 89.9 Å². The van der Waals surface area contributed by atoms with Crippen LogP contribution in [0.1, 0.15) is 41.0 Å². The maximum absolute atomic E-state index is 13.0. The van der Waals surface area contributed by atoms with E-state index < -0.39 is 17.9 Å². The molecule has 0 radical (unpaired) electrons. The number of amides is 3. The maximum atomic E-state index is 13.0. The lowest BCUT2D eigenvalue weighted by Crippen LogP contribution is -2.46. The third-order valence-electron chi connectivity index (χ3n) is 8.25. The second-order valence-corrected chi connectivity index (χ2v) is 11.6. The third-order valence-corrected chi connectivity index (χ3v) is 8.25. The van der Waals surface area contributed by atoms with E-state index >= 15 is 0 Å². The molecule has 3 amide bonds. The lowest BCUT2D eigenvalue weighted by Gasteiger charge is -2.28. The minimum atomic E-state index is -0.795. The Morgan fingerprint density at radius 3 is 2.51 bits per heavy atom. The van der Waals surface area contributed by atoms with Gasteiger partial charge in [0, 0.05) is 36.1 Å². The van der Waals surface area contributed by atoms with Crippen molar-refractivity contribution in [2.45, 2.75) is 25.3 Å². The molecule has 3 aromatic heterocycles. The second kappa shape index (κ2) is 15.4. The highest BCUT2D eigenvalue weighted by Crippen LogP contribution is 2.29. The molecule has 250 valence electrons. The number of para-hydroxylation sites is 1. The summed E-state index contributed by atoms with van der Waals surface area (Å²) in [4.78, 5) is 48.0. The van der Waals surface area contributed by atoms with Crippen LogP contribution in [-0.2, 0) is 14.3 Å². The van der Waals surface area contributed by atoms with Crippen LogP contribution in [0.15, 0.2) is 72.9 Å². The number of unbranched alkanes of at least 4 members (excludes halogenated alkanes) is 1. The third kappa shape index (κ3) is 7.83. The van der Waals surface area contributed by atoms with E-state index in [2.05, 4.69) is 32.5 Å². The van der Waals surface area contributed by atoms with Gasteiger partial charge in [0.25, 0.3) is 5.91 Å². The van der Waals surface area contributed by atoms with Gasteiger partial charge in [0.05, 0.1) is 37.2 Å². The Balaban J connectivity index is 1.22. The van der Waals surface area contributed by atoms with Gasteiger partial charge < -0.3 is 31.7 Å². The van der Waals surface area contributed by atoms with Crippen LogP contribution in [-0.4, -0.2) is 82.7 Å². The molecule has 13 nitrogen and oxygen atoms in total. The average molecular weight is 660 g/mol. The smallest absolute Gasteiger partial charge is 0.251 e. The molecule has 1 atom stereocenters. The van der Waals surface area contributed by atoms with E-state index in [-0.39, 0.29) is 12.5 Å². The minimum absolute atomic E-state index is 0.223. The second-order valence-electron chi connectivity index (χ2n) is 11.6. The predicted molar refractivity (Wildman–Crippen MR) is 186 cm³/mol. The summed E-state index contributed by atoms with van der Waals surface area (Å²) in [5.41, 5.74) is 16.3. The van der Waals surface area contributed by atoms with Gasteiger partial charge in [0.15, 0.2) is 5.65 Å². The molecule has 6 N–H and O–H groups in total. The summed E-state index contributed by atoms with van der Waals surface area (Å²) in [5.74, 6) is 5.15. The van der Waals surface area contributed by atoms with Gasteiger partial charge in [0.1, 0.15) is 23.1 Å². The Hall–Kier alpha value is -5.84. The van der Waals surface area contributed by atoms with Crippen LogP contribution in [0.2, 0.25) is 0 Å². The Labute approximate surface area is 283 Å². The number of nitrogens with zero attached hydrogens (tertiary/aromatic N) is 5. The summed E-state index contributed by atoms with van der Waals surface area (Å²) in [6.07, 6.45) is 3.28. The van der Waals surface area contributed by atoms with E-state index in [1.807, 2.05) is 54.6 Å². The first-order valence-corrected chi connectivity index (χ1v) is 16.2. The molecule has 0 aliphatic carbocycles. The highest BCUT2D eigenvalue weighted by atomic mass is 16.5. The van der Waals surface area contributed by atoms with Gasteiger partial charge in [-0.05, 0) is 61.4 Å². The molecular formula is C36H37N9O4. The van der Waals surface area contributed by atoms with Crippen LogP contribution in [0, 0.1) is 11.8 Å². The Morgan fingerprint density at radius 2 is 1.73 bits per heavy atom. The van der Waals surface area contributed by atoms with E-state index in [0.29, 0.717) is 67.3 Å². The first kappa shape index (κ1) is 33.1. The first-order valence-electron chi connectivity index (χ1n) is 16.2. The van der Waals surface area contributed by atoms with Crippen LogP contribution < -0.4 is 27.0 Å². The minimum Gasteiger partial charge on any atom is -0.378 e. The number of aromatic nitrogens is 4. The van der Waals surface area contributed by atoms with Crippen LogP contribution in [0.3, 0.4) is 0 Å². The summed E-state index contributed by atoms with van der Waals surface area (Å²) in [6.45, 7) is 2.91. The number of nitrogens with one attached hydrogen (secondary N) is 2. The number of primary amides is 1. The normalized spacial score (nSPS) is 13.4. The van der Waals surface area contributed by atoms with Crippen LogP contribution in [0.5, 0.6) is 0 Å². The molecule has 1 unspecified atom stereocenters. The first-order chi connectivity index (χ1) is 23.9. The molecule has 0 spiro atoms. The van der Waals surface area contributed by atoms with Gasteiger partial charge in [0.2, 0.25) is 11.8 Å². The van der Waals surface area contributed by atoms with Crippen molar-refractivity contribution in [1.29, 1.82) is 0 Å². The fraction of sp³-hybridized carbons (Fsp3) is 0.278. The molecule has 5 aromatic rings. The molecule has 0 saturated carbocycles. The number of anilines is 1. The van der Waals surface area contributed by atoms with Gasteiger partial charge in [-0.15, -0.1) is 0 Å². The number of rotatable bonds is 11. The van der Waals surface area contributed by atoms with Crippen molar-refractivity contribution >= 4 is 40.0 Å². The number of benzene rings is 2. The number of nitrogens with two attached hydrogens (primary N) is 2. The Kier molecular flexibility index (Phi) is 10.4. The highest BCUT2D eigenvalue weighted by molar-refractivity contribution is 5.94. The van der Waals surface area contributed by atoms with Crippen molar-refractivity contribution in [3.8, 4) is 23.1 Å². The Morgan fingerprint density at radius 1 is 0.939 bits per heavy atom. The van der Waals surface area contributed by atoms with E-state index in [1.165, 1.54) is 0 Å². The number of fused-ring (bicyclic) bond motifs is 2. The molecular weight excluding hydrogens is 622 g/mol. The topological polar surface area (TPSA) is 183 Å². The van der Waals surface area contributed by atoms with E-state index in [4.69, 9.17) is 26.2 Å². The molecule has 1 aliphatic heterocycles. The molecule has 1 aliphatic rings. The van der Waals surface area contributed by atoms with Gasteiger partial charge in [-0.1, -0.05) is 36.4 Å². The zero-order valence-corrected chi connectivity index (χ0v) is 26.9. The summed E-state index contributed by atoms with van der Waals surface area (Å²) in [6, 6.07) is 20.2. The van der Waals surface area contributed by atoms with E-state index in [1.54, 1.807) is 22.8 Å². The summed E-state index contributed by atoms with van der Waals surface area (Å²) in [5, 5.41) is 11.1. The number of pyridine rings is 1. The average Bonchev–Trinajstić information content (AvgIpc) is 3.52. The molecule has 4 heterocycles. The van der Waals surface area contributed by atoms with Crippen molar-refractivity contribution in [2.24, 2.45) is 11.5 Å². The number of morpholine rings is 1. The largest absolute Gasteiger partial charge is 0.378 e. The molecule has 49 heavy (non-hydrogen) atoms. The van der Waals surface area contributed by atoms with Gasteiger partial charge in [-0.3, -0.25) is 14.4 Å². The fourth-order valence-corrected chi connectivity index (χ4v) is 5.69. The van der Waals surface area contributed by atoms with E-state index in [0.717, 1.165) is 35.2 Å². The zero-order valence-electron chi connectivity index (χ0n) is 26.9. The summed E-state index contributed by atoms with van der Waals surface area (Å²) >= 11 is 0. The lowest BCUT2D eigenvalue weighted by atomic mass is 10.1. The molecule has 6 rings (SSSR count). The zero-order chi connectivity index (χ0) is 34.2. The monoisotopic (exact) mass is 659 g/mol. The number of carbonyl (C=O) groups is 3. The number of ether oxygens (including phenoxy) is 1. The standard InChI is InChI=1S/C36H37N9O4/c37-23-32(46)42-30(34(38)47)7-3-4-17-39-36(48)26-10-8-25(9-11-26)33-29(15-14-27-13-12-24-5-1-2-6-28(24)41-27)43-35-31(16-18-40-45(33)35)44-19-21-49-22-20-44/h1-2,5-6,8-13,16,18,30H,3-4,7,17,19-23,37H2,(H2,38,47)(H,39,48)(H,42,46).